The number of hydrogen-bond donors (Lipinski definition) is 2. The van der Waals surface area contributed by atoms with E-state index in [2.05, 4.69) is 6.07 Å². The van der Waals surface area contributed by atoms with Crippen LogP contribution in [0.25, 0.3) is 0 Å². The number of aryl methyl sites for hydroxylation is 3. The number of ether oxygens (including phenoxy) is 1. The highest BCUT2D eigenvalue weighted by Crippen LogP contribution is 2.40. The highest BCUT2D eigenvalue weighted by molar-refractivity contribution is 5.56. The Morgan fingerprint density at radius 3 is 1.95 bits per heavy atom. The topological polar surface area (TPSA) is 49.7 Å². The van der Waals surface area contributed by atoms with Crippen LogP contribution in [0.5, 0.6) is 23.0 Å². The molecule has 0 aliphatic heterocycles. The molecule has 100 valence electrons. The maximum atomic E-state index is 10.0. The fourth-order valence-corrected chi connectivity index (χ4v) is 2.12. The molecule has 3 heteroatoms. The van der Waals surface area contributed by atoms with Crippen LogP contribution in [0.1, 0.15) is 22.3 Å². The predicted molar refractivity (Wildman–Crippen MR) is 75.2 cm³/mol. The van der Waals surface area contributed by atoms with Gasteiger partial charge >= 0.3 is 0 Å². The van der Waals surface area contributed by atoms with Crippen molar-refractivity contribution in [2.24, 2.45) is 0 Å². The van der Waals surface area contributed by atoms with Crippen molar-refractivity contribution in [2.45, 2.75) is 27.7 Å². The lowest BCUT2D eigenvalue weighted by Gasteiger charge is -2.13. The van der Waals surface area contributed by atoms with Gasteiger partial charge in [-0.25, -0.2) is 0 Å². The molecule has 0 unspecified atom stereocenters. The van der Waals surface area contributed by atoms with Gasteiger partial charge in [-0.15, -0.1) is 0 Å². The predicted octanol–water partition coefficient (Wildman–Crippen LogP) is 4.12. The van der Waals surface area contributed by atoms with Crippen LogP contribution in [0.3, 0.4) is 0 Å². The Bertz CT molecular complexity index is 610. The van der Waals surface area contributed by atoms with Gasteiger partial charge in [0.2, 0.25) is 0 Å². The molecule has 0 atom stereocenters. The molecule has 0 amide bonds. The molecule has 0 radical (unpaired) electrons. The fourth-order valence-electron chi connectivity index (χ4n) is 2.12. The molecule has 3 nitrogen and oxygen atoms in total. The van der Waals surface area contributed by atoms with Gasteiger partial charge in [-0.2, -0.15) is 0 Å². The van der Waals surface area contributed by atoms with E-state index in [1.165, 1.54) is 0 Å². The maximum Gasteiger partial charge on any atom is 0.169 e. The minimum absolute atomic E-state index is 0.0257. The van der Waals surface area contributed by atoms with Gasteiger partial charge < -0.3 is 14.9 Å². The summed E-state index contributed by atoms with van der Waals surface area (Å²) in [6.45, 7) is 7.42. The summed E-state index contributed by atoms with van der Waals surface area (Å²) in [5, 5.41) is 19.8. The van der Waals surface area contributed by atoms with Crippen molar-refractivity contribution in [3.8, 4) is 23.0 Å². The van der Waals surface area contributed by atoms with Gasteiger partial charge in [0, 0.05) is 5.56 Å². The molecule has 0 bridgehead atoms. The van der Waals surface area contributed by atoms with E-state index in [1.54, 1.807) is 19.9 Å². The average Bonchev–Trinajstić information content (AvgIpc) is 2.32. The van der Waals surface area contributed by atoms with Crippen molar-refractivity contribution in [3.63, 3.8) is 0 Å². The molecule has 0 saturated carbocycles. The van der Waals surface area contributed by atoms with Crippen LogP contribution in [-0.2, 0) is 0 Å². The largest absolute Gasteiger partial charge is 0.507 e. The Hall–Kier alpha value is -2.16. The van der Waals surface area contributed by atoms with Gasteiger partial charge in [0.05, 0.1) is 0 Å². The summed E-state index contributed by atoms with van der Waals surface area (Å²) in [7, 11) is 0. The van der Waals surface area contributed by atoms with Crippen LogP contribution in [0.4, 0.5) is 0 Å². The van der Waals surface area contributed by atoms with E-state index in [9.17, 15) is 10.2 Å². The Morgan fingerprint density at radius 2 is 1.37 bits per heavy atom. The van der Waals surface area contributed by atoms with E-state index in [0.717, 1.165) is 11.1 Å². The SMILES string of the molecule is Cc1cc(C)cc(Oc2cc(C)c(O)c(C)c2O)c1. The zero-order chi connectivity index (χ0) is 14.2. The van der Waals surface area contributed by atoms with Crippen LogP contribution in [0, 0.1) is 27.7 Å². The maximum absolute atomic E-state index is 10.0. The second-order valence-electron chi connectivity index (χ2n) is 4.94. The van der Waals surface area contributed by atoms with E-state index >= 15 is 0 Å². The number of phenols is 2. The van der Waals surface area contributed by atoms with E-state index in [0.29, 0.717) is 22.6 Å². The molecule has 2 rings (SSSR count). The molecule has 0 aromatic heterocycles. The Labute approximate surface area is 113 Å². The molecule has 0 spiro atoms. The highest BCUT2D eigenvalue weighted by atomic mass is 16.5. The van der Waals surface area contributed by atoms with E-state index in [-0.39, 0.29) is 11.5 Å². The van der Waals surface area contributed by atoms with Gasteiger partial charge in [-0.05, 0) is 62.6 Å². The Kier molecular flexibility index (Phi) is 3.38. The molecule has 2 aromatic rings. The molecular weight excluding hydrogens is 240 g/mol. The number of hydrogen-bond acceptors (Lipinski definition) is 3. The minimum atomic E-state index is -0.0257. The van der Waals surface area contributed by atoms with Crippen LogP contribution in [-0.4, -0.2) is 10.2 Å². The molecule has 0 aliphatic carbocycles. The average molecular weight is 258 g/mol. The van der Waals surface area contributed by atoms with Crippen molar-refractivity contribution in [1.82, 2.24) is 0 Å². The first-order valence-corrected chi connectivity index (χ1v) is 6.16. The molecule has 0 heterocycles. The monoisotopic (exact) mass is 258 g/mol. The van der Waals surface area contributed by atoms with Crippen LogP contribution in [0.15, 0.2) is 24.3 Å². The van der Waals surface area contributed by atoms with Gasteiger partial charge in [-0.1, -0.05) is 6.07 Å². The first kappa shape index (κ1) is 13.3. The van der Waals surface area contributed by atoms with Crippen LogP contribution >= 0.6 is 0 Å². The quantitative estimate of drug-likeness (QED) is 0.851. The number of rotatable bonds is 2. The number of aromatic hydroxyl groups is 2. The van der Waals surface area contributed by atoms with E-state index < -0.39 is 0 Å². The fraction of sp³-hybridized carbons (Fsp3) is 0.250. The third-order valence-electron chi connectivity index (χ3n) is 3.09. The first-order chi connectivity index (χ1) is 8.88. The summed E-state index contributed by atoms with van der Waals surface area (Å²) in [6, 6.07) is 7.50. The molecule has 0 saturated heterocycles. The summed E-state index contributed by atoms with van der Waals surface area (Å²) in [5.41, 5.74) is 3.30. The number of benzene rings is 2. The first-order valence-electron chi connectivity index (χ1n) is 6.16. The summed E-state index contributed by atoms with van der Waals surface area (Å²) < 4.78 is 5.73. The standard InChI is InChI=1S/C16H18O3/c1-9-5-10(2)7-13(6-9)19-14-8-11(3)15(17)12(4)16(14)18/h5-8,17-18H,1-4H3. The number of phenolic OH excluding ortho intramolecular Hbond substituents is 2. The van der Waals surface area contributed by atoms with E-state index in [1.807, 2.05) is 26.0 Å². The van der Waals surface area contributed by atoms with Crippen LogP contribution in [0.2, 0.25) is 0 Å². The molecule has 2 N–H and O–H groups in total. The van der Waals surface area contributed by atoms with Crippen molar-refractivity contribution in [3.05, 3.63) is 46.5 Å². The lowest BCUT2D eigenvalue weighted by molar-refractivity contribution is 0.397. The van der Waals surface area contributed by atoms with Crippen molar-refractivity contribution in [2.75, 3.05) is 0 Å². The summed E-state index contributed by atoms with van der Waals surface area (Å²) in [6.07, 6.45) is 0. The summed E-state index contributed by atoms with van der Waals surface area (Å²) in [4.78, 5) is 0. The van der Waals surface area contributed by atoms with Gasteiger partial charge in [0.25, 0.3) is 0 Å². The lowest BCUT2D eigenvalue weighted by atomic mass is 10.1. The summed E-state index contributed by atoms with van der Waals surface area (Å²) in [5.74, 6) is 1.11. The third-order valence-corrected chi connectivity index (χ3v) is 3.09. The van der Waals surface area contributed by atoms with E-state index in [4.69, 9.17) is 4.74 Å². The Balaban J connectivity index is 2.44. The zero-order valence-electron chi connectivity index (χ0n) is 11.6. The molecule has 0 aliphatic rings. The molecule has 19 heavy (non-hydrogen) atoms. The third kappa shape index (κ3) is 2.65. The molecule has 0 fully saturated rings. The summed E-state index contributed by atoms with van der Waals surface area (Å²) >= 11 is 0. The lowest BCUT2D eigenvalue weighted by Crippen LogP contribution is -1.91. The minimum Gasteiger partial charge on any atom is -0.507 e. The second-order valence-corrected chi connectivity index (χ2v) is 4.94. The van der Waals surface area contributed by atoms with Crippen LogP contribution < -0.4 is 4.74 Å². The van der Waals surface area contributed by atoms with Crippen molar-refractivity contribution in [1.29, 1.82) is 0 Å². The highest BCUT2D eigenvalue weighted by Gasteiger charge is 2.13. The van der Waals surface area contributed by atoms with Gasteiger partial charge in [0.1, 0.15) is 11.5 Å². The van der Waals surface area contributed by atoms with Gasteiger partial charge in [-0.3, -0.25) is 0 Å². The smallest absolute Gasteiger partial charge is 0.169 e. The van der Waals surface area contributed by atoms with Gasteiger partial charge in [0.15, 0.2) is 11.5 Å². The van der Waals surface area contributed by atoms with Crippen molar-refractivity contribution < 1.29 is 14.9 Å². The Morgan fingerprint density at radius 1 is 0.789 bits per heavy atom. The van der Waals surface area contributed by atoms with Crippen molar-refractivity contribution >= 4 is 0 Å². The normalized spacial score (nSPS) is 10.5. The molecule has 2 aromatic carbocycles. The zero-order valence-corrected chi connectivity index (χ0v) is 11.6. The second kappa shape index (κ2) is 4.84. The molecular formula is C16H18O3.